The molecule has 1 N–H and O–H groups in total. The summed E-state index contributed by atoms with van der Waals surface area (Å²) in [5.74, 6) is -0.232. The van der Waals surface area contributed by atoms with E-state index < -0.39 is 16.9 Å². The van der Waals surface area contributed by atoms with Crippen molar-refractivity contribution in [1.29, 1.82) is 0 Å². The van der Waals surface area contributed by atoms with Gasteiger partial charge in [-0.05, 0) is 25.3 Å². The smallest absolute Gasteiger partial charge is 0.407 e. The molecule has 0 radical (unpaired) electrons. The van der Waals surface area contributed by atoms with Crippen molar-refractivity contribution in [3.05, 3.63) is 35.9 Å². The average Bonchev–Trinajstić information content (AvgIpc) is 2.77. The topological polar surface area (TPSA) is 64.6 Å². The molecule has 1 fully saturated rings. The monoisotopic (exact) mass is 319 g/mol. The van der Waals surface area contributed by atoms with Crippen LogP contribution in [-0.4, -0.2) is 25.2 Å². The number of methoxy groups -OCH3 is 1. The van der Waals surface area contributed by atoms with E-state index in [4.69, 9.17) is 9.47 Å². The lowest BCUT2D eigenvalue weighted by molar-refractivity contribution is -0.157. The summed E-state index contributed by atoms with van der Waals surface area (Å²) in [6.07, 6.45) is 0.941. The lowest BCUT2D eigenvalue weighted by atomic mass is 9.68. The van der Waals surface area contributed by atoms with Gasteiger partial charge in [-0.2, -0.15) is 0 Å². The Morgan fingerprint density at radius 3 is 2.48 bits per heavy atom. The molecule has 126 valence electrons. The van der Waals surface area contributed by atoms with Crippen LogP contribution in [0.15, 0.2) is 30.3 Å². The Morgan fingerprint density at radius 1 is 1.22 bits per heavy atom. The van der Waals surface area contributed by atoms with Gasteiger partial charge in [0.15, 0.2) is 0 Å². The maximum atomic E-state index is 12.1. The molecule has 0 aromatic heterocycles. The van der Waals surface area contributed by atoms with Crippen molar-refractivity contribution >= 4 is 12.1 Å². The van der Waals surface area contributed by atoms with Crippen molar-refractivity contribution < 1.29 is 19.1 Å². The first-order chi connectivity index (χ1) is 10.8. The molecule has 0 saturated heterocycles. The van der Waals surface area contributed by atoms with Crippen molar-refractivity contribution in [2.45, 2.75) is 46.3 Å². The molecule has 0 bridgehead atoms. The summed E-state index contributed by atoms with van der Waals surface area (Å²) in [7, 11) is 1.40. The number of amides is 1. The van der Waals surface area contributed by atoms with Crippen LogP contribution in [0.2, 0.25) is 0 Å². The summed E-state index contributed by atoms with van der Waals surface area (Å²) in [6, 6.07) is 9.40. The molecule has 0 heterocycles. The van der Waals surface area contributed by atoms with Gasteiger partial charge in [-0.25, -0.2) is 4.79 Å². The molecule has 1 saturated carbocycles. The summed E-state index contributed by atoms with van der Waals surface area (Å²) < 4.78 is 10.2. The standard InChI is InChI=1S/C18H25NO4/c1-17(2)14(10-11-18(17,3)15(20)22-4)19-16(21)23-12-13-8-6-5-7-9-13/h5-9,14H,10-12H2,1-4H3,(H,19,21)/t14-,18-/m1/s1. The van der Waals surface area contributed by atoms with Gasteiger partial charge in [0.2, 0.25) is 0 Å². The van der Waals surface area contributed by atoms with Gasteiger partial charge in [-0.3, -0.25) is 4.79 Å². The summed E-state index contributed by atoms with van der Waals surface area (Å²) >= 11 is 0. The van der Waals surface area contributed by atoms with Gasteiger partial charge in [-0.15, -0.1) is 0 Å². The maximum Gasteiger partial charge on any atom is 0.407 e. The SMILES string of the molecule is COC(=O)[C@@]1(C)CC[C@@H](NC(=O)OCc2ccccc2)C1(C)C. The summed E-state index contributed by atoms with van der Waals surface area (Å²) in [5, 5.41) is 2.90. The number of nitrogens with one attached hydrogen (secondary N) is 1. The molecule has 1 aliphatic rings. The number of ether oxygens (including phenoxy) is 2. The molecule has 0 unspecified atom stereocenters. The summed E-state index contributed by atoms with van der Waals surface area (Å²) in [6.45, 7) is 6.10. The van der Waals surface area contributed by atoms with Gasteiger partial charge in [0.1, 0.15) is 6.61 Å². The molecule has 2 atom stereocenters. The summed E-state index contributed by atoms with van der Waals surface area (Å²) in [4.78, 5) is 24.2. The van der Waals surface area contributed by atoms with Crippen LogP contribution in [0.25, 0.3) is 0 Å². The minimum atomic E-state index is -0.612. The van der Waals surface area contributed by atoms with Crippen LogP contribution in [0.3, 0.4) is 0 Å². The first-order valence-corrected chi connectivity index (χ1v) is 7.87. The molecule has 5 heteroatoms. The average molecular weight is 319 g/mol. The van der Waals surface area contributed by atoms with Gasteiger partial charge >= 0.3 is 12.1 Å². The van der Waals surface area contributed by atoms with E-state index in [-0.39, 0.29) is 18.6 Å². The van der Waals surface area contributed by atoms with Crippen LogP contribution in [0, 0.1) is 10.8 Å². The fourth-order valence-corrected chi connectivity index (χ4v) is 3.25. The number of hydrogen-bond acceptors (Lipinski definition) is 4. The Kier molecular flexibility index (Phi) is 4.97. The zero-order valence-electron chi connectivity index (χ0n) is 14.2. The minimum absolute atomic E-state index is 0.130. The lowest BCUT2D eigenvalue weighted by Crippen LogP contribution is -2.49. The normalized spacial score (nSPS) is 25.7. The van der Waals surface area contributed by atoms with E-state index >= 15 is 0 Å². The number of esters is 1. The van der Waals surface area contributed by atoms with Crippen molar-refractivity contribution in [2.75, 3.05) is 7.11 Å². The highest BCUT2D eigenvalue weighted by Gasteiger charge is 2.57. The second-order valence-electron chi connectivity index (χ2n) is 6.84. The van der Waals surface area contributed by atoms with E-state index in [0.29, 0.717) is 6.42 Å². The molecular formula is C18H25NO4. The van der Waals surface area contributed by atoms with Gasteiger partial charge in [0, 0.05) is 11.5 Å². The molecule has 23 heavy (non-hydrogen) atoms. The number of benzene rings is 1. The van der Waals surface area contributed by atoms with E-state index in [1.807, 2.05) is 51.1 Å². The predicted octanol–water partition coefficient (Wildman–Crippen LogP) is 3.28. The van der Waals surface area contributed by atoms with Crippen molar-refractivity contribution in [1.82, 2.24) is 5.32 Å². The van der Waals surface area contributed by atoms with Gasteiger partial charge in [0.25, 0.3) is 0 Å². The van der Waals surface area contributed by atoms with Crippen molar-refractivity contribution in [3.8, 4) is 0 Å². The van der Waals surface area contributed by atoms with E-state index in [0.717, 1.165) is 12.0 Å². The lowest BCUT2D eigenvalue weighted by Gasteiger charge is -2.39. The molecule has 5 nitrogen and oxygen atoms in total. The van der Waals surface area contributed by atoms with E-state index in [2.05, 4.69) is 5.32 Å². The number of rotatable bonds is 4. The van der Waals surface area contributed by atoms with Crippen LogP contribution in [0.1, 0.15) is 39.2 Å². The Labute approximate surface area is 137 Å². The number of alkyl carbamates (subject to hydrolysis) is 1. The first kappa shape index (κ1) is 17.3. The zero-order chi connectivity index (χ0) is 17.1. The highest BCUT2D eigenvalue weighted by atomic mass is 16.5. The van der Waals surface area contributed by atoms with Gasteiger partial charge in [-0.1, -0.05) is 44.2 Å². The Bertz CT molecular complexity index is 570. The maximum absolute atomic E-state index is 12.1. The van der Waals surface area contributed by atoms with Crippen LogP contribution < -0.4 is 5.32 Å². The molecule has 1 aromatic rings. The first-order valence-electron chi connectivity index (χ1n) is 7.87. The van der Waals surface area contributed by atoms with E-state index in [1.54, 1.807) is 0 Å². The number of hydrogen-bond donors (Lipinski definition) is 1. The Morgan fingerprint density at radius 2 is 1.87 bits per heavy atom. The highest BCUT2D eigenvalue weighted by Crippen LogP contribution is 2.53. The van der Waals surface area contributed by atoms with Crippen LogP contribution in [0.5, 0.6) is 0 Å². The van der Waals surface area contributed by atoms with Crippen molar-refractivity contribution in [3.63, 3.8) is 0 Å². The largest absolute Gasteiger partial charge is 0.469 e. The third-order valence-electron chi connectivity index (χ3n) is 5.37. The number of carbonyl (C=O) groups excluding carboxylic acids is 2. The van der Waals surface area contributed by atoms with Gasteiger partial charge in [0.05, 0.1) is 12.5 Å². The Balaban J connectivity index is 1.95. The molecule has 1 aliphatic carbocycles. The molecule has 1 aromatic carbocycles. The van der Waals surface area contributed by atoms with Crippen molar-refractivity contribution in [2.24, 2.45) is 10.8 Å². The second kappa shape index (κ2) is 6.60. The van der Waals surface area contributed by atoms with Gasteiger partial charge < -0.3 is 14.8 Å². The predicted molar refractivity (Wildman–Crippen MR) is 86.7 cm³/mol. The summed E-state index contributed by atoms with van der Waals surface area (Å²) in [5.41, 5.74) is -0.0851. The zero-order valence-corrected chi connectivity index (χ0v) is 14.2. The minimum Gasteiger partial charge on any atom is -0.469 e. The molecular weight excluding hydrogens is 294 g/mol. The third-order valence-corrected chi connectivity index (χ3v) is 5.37. The molecule has 1 amide bonds. The van der Waals surface area contributed by atoms with E-state index in [9.17, 15) is 9.59 Å². The van der Waals surface area contributed by atoms with Crippen LogP contribution in [0.4, 0.5) is 4.79 Å². The fraction of sp³-hybridized carbons (Fsp3) is 0.556. The van der Waals surface area contributed by atoms with E-state index in [1.165, 1.54) is 7.11 Å². The van der Waals surface area contributed by atoms with Crippen LogP contribution >= 0.6 is 0 Å². The third kappa shape index (κ3) is 3.33. The number of carbonyl (C=O) groups is 2. The Hall–Kier alpha value is -2.04. The molecule has 0 aliphatic heterocycles. The molecule has 2 rings (SSSR count). The molecule has 0 spiro atoms. The second-order valence-corrected chi connectivity index (χ2v) is 6.84. The highest BCUT2D eigenvalue weighted by molar-refractivity contribution is 5.78. The quantitative estimate of drug-likeness (QED) is 0.865. The van der Waals surface area contributed by atoms with Crippen LogP contribution in [-0.2, 0) is 20.9 Å². The fourth-order valence-electron chi connectivity index (χ4n) is 3.25.